The van der Waals surface area contributed by atoms with Gasteiger partial charge in [0, 0.05) is 79.5 Å². The van der Waals surface area contributed by atoms with Crippen molar-refractivity contribution in [2.24, 2.45) is 0 Å². The van der Waals surface area contributed by atoms with E-state index in [-0.39, 0.29) is 0 Å². The molecule has 2 aliphatic heterocycles. The van der Waals surface area contributed by atoms with Crippen molar-refractivity contribution < 1.29 is 0 Å². The summed E-state index contributed by atoms with van der Waals surface area (Å²) in [7, 11) is 0. The van der Waals surface area contributed by atoms with E-state index in [0.717, 1.165) is 82.9 Å². The minimum absolute atomic E-state index is 0.450. The van der Waals surface area contributed by atoms with E-state index in [1.165, 1.54) is 163 Å². The molecule has 0 amide bonds. The molecular weight excluding hydrogens is 1570 g/mol. The molecule has 0 bridgehead atoms. The van der Waals surface area contributed by atoms with Crippen molar-refractivity contribution in [3.8, 4) is 101 Å². The standard InChI is InChI=1S/C64H39NS.C57H33N3S/c1-2-17-40(18-3-1)41-33-35-42(36-34-41)59-47-23-4-6-25-49(47)60(50-26-7-5-24-48(50)59)43-19-16-20-44(39-43)62-52-37-38-56-63(61(52)51-27-10-14-31-57(51)65-62)66-58-32-15-13-30-55(58)64(56)53-28-11-8-21-45(53)46-22-9-12-29-54(46)64;58-34-35-24-31-52-45(32-35)42-16-4-9-22-51(42)60(52)39-27-25-36(26-28-39)37-12-11-13-38(33-37)55-44-29-30-49-56(54(44)43-17-3-8-21-50(43)59-55)61-53-23-10-7-20-48(53)57(49)46-18-5-1-14-40(46)41-15-2-6-19-47(41)57/h1-39H;1-33H. The Morgan fingerprint density at radius 1 is 0.236 bits per heavy atom. The van der Waals surface area contributed by atoms with E-state index < -0.39 is 10.8 Å². The number of nitrogens with zero attached hydrogens (tertiary/aromatic N) is 4. The fourth-order valence-electron chi connectivity index (χ4n) is 22.1. The Morgan fingerprint density at radius 3 is 1.10 bits per heavy atom. The lowest BCUT2D eigenvalue weighted by atomic mass is 9.67. The Labute approximate surface area is 742 Å². The first-order valence-corrected chi connectivity index (χ1v) is 45.1. The fraction of sp³-hybridized carbons (Fsp3) is 0.0165. The summed E-state index contributed by atoms with van der Waals surface area (Å²) < 4.78 is 2.29. The molecule has 4 nitrogen and oxygen atoms in total. The first kappa shape index (κ1) is 72.8. The molecule has 20 aromatic carbocycles. The lowest BCUT2D eigenvalue weighted by Crippen LogP contribution is -2.32. The van der Waals surface area contributed by atoms with Crippen LogP contribution in [0.2, 0.25) is 0 Å². The number of nitriles is 1. The fourth-order valence-corrected chi connectivity index (χ4v) is 24.8. The molecule has 5 heterocycles. The molecule has 0 saturated heterocycles. The maximum atomic E-state index is 9.64. The average molecular weight is 1650 g/mol. The zero-order chi connectivity index (χ0) is 83.6. The lowest BCUT2D eigenvalue weighted by Gasteiger charge is -2.40. The molecule has 0 radical (unpaired) electrons. The highest BCUT2D eigenvalue weighted by Crippen LogP contribution is 2.66. The molecule has 0 N–H and O–H groups in total. The van der Waals surface area contributed by atoms with Crippen LogP contribution in [-0.2, 0) is 10.8 Å². The van der Waals surface area contributed by atoms with Crippen molar-refractivity contribution in [2.75, 3.05) is 0 Å². The van der Waals surface area contributed by atoms with Crippen LogP contribution in [0.15, 0.2) is 456 Å². The van der Waals surface area contributed by atoms with E-state index in [9.17, 15) is 5.26 Å². The molecule has 3 aromatic heterocycles. The highest BCUT2D eigenvalue weighted by molar-refractivity contribution is 8.00. The summed E-state index contributed by atoms with van der Waals surface area (Å²) in [6, 6.07) is 162. The van der Waals surface area contributed by atoms with Gasteiger partial charge in [-0.05, 0) is 206 Å². The SMILES string of the molecule is N#Cc1ccc2c(c1)c1ccccc1n2-c1ccc(-c2cccc(-c3nc4ccccc4c4c5c(ccc34)C3(c4ccccc4S5)c4ccccc4-c4ccccc43)c2)cc1.c1ccc(-c2ccc(-c3c4ccccc4c(-c4cccc(-c5nc6ccccc6c6c7c(ccc56)C5(c6ccccc6S7)c6ccccc6-c6ccccc65)c4)c4ccccc34)cc2)cc1. The molecule has 0 unspecified atom stereocenters. The average Bonchev–Trinajstić information content (AvgIpc) is 1.57. The smallest absolute Gasteiger partial charge is 0.0991 e. The quantitative estimate of drug-likeness (QED) is 0.118. The van der Waals surface area contributed by atoms with Crippen molar-refractivity contribution in [3.63, 3.8) is 0 Å². The number of aromatic nitrogens is 3. The molecule has 0 fully saturated rings. The van der Waals surface area contributed by atoms with Gasteiger partial charge in [-0.1, -0.05) is 388 Å². The van der Waals surface area contributed by atoms with E-state index in [2.05, 4.69) is 435 Å². The van der Waals surface area contributed by atoms with Crippen LogP contribution >= 0.6 is 23.5 Å². The molecule has 127 heavy (non-hydrogen) atoms. The van der Waals surface area contributed by atoms with Crippen LogP contribution < -0.4 is 0 Å². The summed E-state index contributed by atoms with van der Waals surface area (Å²) in [5.74, 6) is 0. The number of pyridine rings is 2. The summed E-state index contributed by atoms with van der Waals surface area (Å²) >= 11 is 3.81. The molecule has 6 heteroatoms. The summed E-state index contributed by atoms with van der Waals surface area (Å²) in [5, 5.41) is 24.0. The molecule has 2 aliphatic carbocycles. The Kier molecular flexibility index (Phi) is 16.4. The van der Waals surface area contributed by atoms with E-state index in [1.54, 1.807) is 0 Å². The largest absolute Gasteiger partial charge is 0.309 e. The summed E-state index contributed by atoms with van der Waals surface area (Å²) in [6.45, 7) is 0. The second kappa shape index (κ2) is 28.7. The molecule has 0 atom stereocenters. The summed E-state index contributed by atoms with van der Waals surface area (Å²) in [5.41, 5.74) is 34.7. The predicted octanol–water partition coefficient (Wildman–Crippen LogP) is 31.7. The Bertz CT molecular complexity index is 8520. The number of benzene rings is 20. The van der Waals surface area contributed by atoms with Gasteiger partial charge in [0.25, 0.3) is 0 Å². The van der Waals surface area contributed by atoms with Gasteiger partial charge in [0.1, 0.15) is 0 Å². The van der Waals surface area contributed by atoms with Crippen molar-refractivity contribution in [2.45, 2.75) is 30.4 Å². The number of para-hydroxylation sites is 3. The van der Waals surface area contributed by atoms with Gasteiger partial charge in [-0.15, -0.1) is 0 Å². The van der Waals surface area contributed by atoms with Crippen LogP contribution in [0.3, 0.4) is 0 Å². The number of hydrogen-bond donors (Lipinski definition) is 0. The van der Waals surface area contributed by atoms with Crippen molar-refractivity contribution in [1.82, 2.24) is 14.5 Å². The summed E-state index contributed by atoms with van der Waals surface area (Å²) in [4.78, 5) is 16.2. The highest BCUT2D eigenvalue weighted by atomic mass is 32.2. The van der Waals surface area contributed by atoms with Gasteiger partial charge < -0.3 is 4.57 Å². The summed E-state index contributed by atoms with van der Waals surface area (Å²) in [6.07, 6.45) is 0. The lowest BCUT2D eigenvalue weighted by molar-refractivity contribution is 0.726. The first-order chi connectivity index (χ1) is 63.0. The van der Waals surface area contributed by atoms with Gasteiger partial charge in [-0.3, -0.25) is 0 Å². The minimum Gasteiger partial charge on any atom is -0.309 e. The topological polar surface area (TPSA) is 54.5 Å². The predicted molar refractivity (Wildman–Crippen MR) is 528 cm³/mol. The van der Waals surface area contributed by atoms with Gasteiger partial charge in [0.15, 0.2) is 0 Å². The van der Waals surface area contributed by atoms with Crippen LogP contribution in [0.25, 0.3) is 182 Å². The molecule has 4 aliphatic rings. The van der Waals surface area contributed by atoms with E-state index in [0.29, 0.717) is 5.56 Å². The Morgan fingerprint density at radius 2 is 0.598 bits per heavy atom. The number of hydrogen-bond acceptors (Lipinski definition) is 5. The van der Waals surface area contributed by atoms with Gasteiger partial charge in [0.05, 0.1) is 55.9 Å². The molecule has 2 spiro atoms. The maximum Gasteiger partial charge on any atom is 0.0991 e. The third kappa shape index (κ3) is 10.8. The van der Waals surface area contributed by atoms with Gasteiger partial charge in [-0.2, -0.15) is 5.26 Å². The van der Waals surface area contributed by atoms with Crippen LogP contribution in [0.5, 0.6) is 0 Å². The van der Waals surface area contributed by atoms with Gasteiger partial charge in [0.2, 0.25) is 0 Å². The molecular formula is C121H72N4S2. The van der Waals surface area contributed by atoms with E-state index >= 15 is 0 Å². The van der Waals surface area contributed by atoms with Crippen molar-refractivity contribution in [1.29, 1.82) is 5.26 Å². The van der Waals surface area contributed by atoms with Crippen LogP contribution in [-0.4, -0.2) is 14.5 Å². The van der Waals surface area contributed by atoms with Crippen molar-refractivity contribution >= 4 is 110 Å². The molecule has 588 valence electrons. The van der Waals surface area contributed by atoms with Crippen LogP contribution in [0.1, 0.15) is 50.1 Å². The van der Waals surface area contributed by atoms with Gasteiger partial charge >= 0.3 is 0 Å². The zero-order valence-corrected chi connectivity index (χ0v) is 70.3. The number of fused-ring (bicyclic) bond motifs is 31. The molecule has 23 aromatic rings. The Balaban J connectivity index is 0.000000135. The maximum absolute atomic E-state index is 9.64. The second-order valence-electron chi connectivity index (χ2n) is 33.8. The number of rotatable bonds is 7. The minimum atomic E-state index is -0.457. The third-order valence-electron chi connectivity index (χ3n) is 27.4. The van der Waals surface area contributed by atoms with Crippen molar-refractivity contribution in [3.05, 3.63) is 487 Å². The zero-order valence-electron chi connectivity index (χ0n) is 68.7. The Hall–Kier alpha value is -15.8. The van der Waals surface area contributed by atoms with E-state index in [4.69, 9.17) is 9.97 Å². The van der Waals surface area contributed by atoms with Crippen LogP contribution in [0.4, 0.5) is 0 Å². The third-order valence-corrected chi connectivity index (χ3v) is 29.8. The van der Waals surface area contributed by atoms with E-state index in [1.807, 2.05) is 35.7 Å². The monoisotopic (exact) mass is 1640 g/mol. The van der Waals surface area contributed by atoms with Crippen LogP contribution in [0, 0.1) is 11.3 Å². The highest BCUT2D eigenvalue weighted by Gasteiger charge is 2.52. The normalized spacial score (nSPS) is 13.3. The van der Waals surface area contributed by atoms with Gasteiger partial charge in [-0.25, -0.2) is 9.97 Å². The first-order valence-electron chi connectivity index (χ1n) is 43.5. The second-order valence-corrected chi connectivity index (χ2v) is 35.9. The molecule has 27 rings (SSSR count). The molecule has 0 saturated carbocycles.